The zero-order valence-corrected chi connectivity index (χ0v) is 38.2. The van der Waals surface area contributed by atoms with Crippen molar-refractivity contribution < 1.29 is 47.9 Å². The van der Waals surface area contributed by atoms with Crippen LogP contribution in [0.3, 0.4) is 0 Å². The van der Waals surface area contributed by atoms with Crippen LogP contribution in [0.15, 0.2) is 0 Å². The summed E-state index contributed by atoms with van der Waals surface area (Å²) < 4.78 is 40.8. The van der Waals surface area contributed by atoms with E-state index in [2.05, 4.69) is 48.5 Å². The number of rotatable bonds is 13. The molecule has 1 N–H and O–H groups in total. The van der Waals surface area contributed by atoms with Crippen molar-refractivity contribution in [1.82, 2.24) is 0 Å². The maximum Gasteiger partial charge on any atom is 0.146 e. The lowest BCUT2D eigenvalue weighted by molar-refractivity contribution is -0.220. The fourth-order valence-electron chi connectivity index (χ4n) is 14.8. The molecule has 0 aromatic rings. The molecule has 0 heterocycles. The van der Waals surface area contributed by atoms with Gasteiger partial charge >= 0.3 is 0 Å². The molecule has 6 fully saturated rings. The molecule has 0 amide bonds. The van der Waals surface area contributed by atoms with Crippen molar-refractivity contribution in [3.05, 3.63) is 0 Å². The summed E-state index contributed by atoms with van der Waals surface area (Å²) in [6.07, 6.45) is 11.4. The van der Waals surface area contributed by atoms with Crippen molar-refractivity contribution in [3.8, 4) is 0 Å². The number of carbonyl (C=O) groups excluding carboxylic acids is 2. The molecule has 0 aromatic heterocycles. The quantitative estimate of drug-likeness (QED) is 0.182. The van der Waals surface area contributed by atoms with Crippen LogP contribution in [0.2, 0.25) is 0 Å². The van der Waals surface area contributed by atoms with Gasteiger partial charge in [-0.25, -0.2) is 0 Å². The molecule has 6 saturated carbocycles. The molecule has 6 rings (SSSR count). The first-order chi connectivity index (χ1) is 26.9. The van der Waals surface area contributed by atoms with Crippen molar-refractivity contribution in [2.45, 2.75) is 157 Å². The molecule has 16 atom stereocenters. The lowest BCUT2D eigenvalue weighted by Gasteiger charge is -2.62. The molecule has 4 bridgehead atoms. The number of methoxy groups -OCH3 is 5. The van der Waals surface area contributed by atoms with Crippen LogP contribution in [-0.4, -0.2) is 103 Å². The minimum Gasteiger partial charge on any atom is -0.396 e. The predicted octanol–water partition coefficient (Wildman–Crippen LogP) is 8.30. The molecular formula is C47H82O10. The van der Waals surface area contributed by atoms with Crippen LogP contribution in [0.5, 0.6) is 0 Å². The van der Waals surface area contributed by atoms with Gasteiger partial charge in [0.1, 0.15) is 25.2 Å². The first kappa shape index (κ1) is 47.1. The van der Waals surface area contributed by atoms with E-state index in [4.69, 9.17) is 33.2 Å². The van der Waals surface area contributed by atoms with Crippen molar-refractivity contribution in [2.24, 2.45) is 68.0 Å². The molecule has 6 aliphatic carbocycles. The number of aliphatic hydroxyl groups is 1. The summed E-state index contributed by atoms with van der Waals surface area (Å²) in [5.74, 6) is 2.30. The van der Waals surface area contributed by atoms with Crippen LogP contribution in [0.4, 0.5) is 0 Å². The highest BCUT2D eigenvalue weighted by molar-refractivity contribution is 5.88. The van der Waals surface area contributed by atoms with Crippen molar-refractivity contribution in [2.75, 3.05) is 62.3 Å². The molecular weight excluding hydrogens is 725 g/mol. The Bertz CT molecular complexity index is 1380. The molecule has 10 heteroatoms. The van der Waals surface area contributed by atoms with Gasteiger partial charge in [0, 0.05) is 82.3 Å². The Morgan fingerprint density at radius 2 is 0.965 bits per heavy atom. The van der Waals surface area contributed by atoms with Gasteiger partial charge < -0.3 is 38.3 Å². The molecule has 0 aromatic carbocycles. The largest absolute Gasteiger partial charge is 0.396 e. The average Bonchev–Trinajstić information content (AvgIpc) is 3.80. The van der Waals surface area contributed by atoms with E-state index in [1.807, 2.05) is 21.1 Å². The molecule has 57 heavy (non-hydrogen) atoms. The maximum absolute atomic E-state index is 14.0. The summed E-state index contributed by atoms with van der Waals surface area (Å²) in [7, 11) is 8.69. The Hall–Kier alpha value is -0.980. The van der Waals surface area contributed by atoms with Crippen molar-refractivity contribution in [1.29, 1.82) is 0 Å². The molecule has 10 nitrogen and oxygen atoms in total. The van der Waals surface area contributed by atoms with Gasteiger partial charge in [0.25, 0.3) is 0 Å². The standard InChI is InChI=1S/C24H42O5.C23H40O5/c1-16-8-10-24-11-9-18(28-7)20(24)23(16,4)19(29-15-27-6)14-22(3,12-13-26-5)21(25)17(24)2;1-15-7-9-23-10-8-17(27-6)19(23)22(15,4)18(28-14-26-5)13-21(3,11-12-24)20(25)16(23)2/h16-20H,8-15H2,1-7H3;15-19,24H,7-14H2,1-6H3/t16-,17+,18-,19-,20?,22-,23+,24?;15-,16+,17-,18-,19?,21-,22+,23?/m11/s1. The number of carbonyl (C=O) groups is 2. The third-order valence-electron chi connectivity index (χ3n) is 18.6. The summed E-state index contributed by atoms with van der Waals surface area (Å²) >= 11 is 0. The van der Waals surface area contributed by atoms with Gasteiger partial charge in [0.2, 0.25) is 0 Å². The molecule has 0 aliphatic heterocycles. The van der Waals surface area contributed by atoms with E-state index in [0.29, 0.717) is 61.1 Å². The lowest BCUT2D eigenvalue weighted by Crippen LogP contribution is -2.63. The summed E-state index contributed by atoms with van der Waals surface area (Å²) in [6.45, 7) is 19.1. The number of Topliss-reactive ketones (excluding diaryl/α,β-unsaturated/α-hetero) is 2. The Kier molecular flexibility index (Phi) is 15.0. The van der Waals surface area contributed by atoms with E-state index in [0.717, 1.165) is 57.8 Å². The molecule has 0 radical (unpaired) electrons. The van der Waals surface area contributed by atoms with Crippen LogP contribution in [-0.2, 0) is 42.7 Å². The summed E-state index contributed by atoms with van der Waals surface area (Å²) in [5, 5.41) is 9.76. The number of aliphatic hydroxyl groups excluding tert-OH is 1. The van der Waals surface area contributed by atoms with Crippen molar-refractivity contribution in [3.63, 3.8) is 0 Å². The van der Waals surface area contributed by atoms with Gasteiger partial charge in [-0.3, -0.25) is 9.59 Å². The minimum absolute atomic E-state index is 0.00243. The zero-order valence-electron chi connectivity index (χ0n) is 38.2. The van der Waals surface area contributed by atoms with Gasteiger partial charge in [0.05, 0.1) is 24.4 Å². The highest BCUT2D eigenvalue weighted by Gasteiger charge is 2.70. The summed E-state index contributed by atoms with van der Waals surface area (Å²) in [5.41, 5.74) is -1.21. The van der Waals surface area contributed by atoms with E-state index < -0.39 is 10.8 Å². The lowest BCUT2D eigenvalue weighted by atomic mass is 9.44. The molecule has 4 unspecified atom stereocenters. The van der Waals surface area contributed by atoms with E-state index in [1.165, 1.54) is 0 Å². The number of ketones is 2. The van der Waals surface area contributed by atoms with Gasteiger partial charge in [-0.15, -0.1) is 0 Å². The monoisotopic (exact) mass is 807 g/mol. The highest BCUT2D eigenvalue weighted by atomic mass is 16.7. The Labute approximate surface area is 345 Å². The Morgan fingerprint density at radius 3 is 1.32 bits per heavy atom. The van der Waals surface area contributed by atoms with E-state index in [-0.39, 0.29) is 78.1 Å². The number of ether oxygens (including phenoxy) is 7. The smallest absolute Gasteiger partial charge is 0.146 e. The normalized spacial score (nSPS) is 48.2. The third kappa shape index (κ3) is 7.67. The Morgan fingerprint density at radius 1 is 0.579 bits per heavy atom. The fourth-order valence-corrected chi connectivity index (χ4v) is 14.8. The molecule has 330 valence electrons. The summed E-state index contributed by atoms with van der Waals surface area (Å²) in [4.78, 5) is 27.8. The maximum atomic E-state index is 14.0. The van der Waals surface area contributed by atoms with Gasteiger partial charge in [-0.2, -0.15) is 0 Å². The van der Waals surface area contributed by atoms with Crippen LogP contribution in [0.1, 0.15) is 132 Å². The Balaban J connectivity index is 0.000000218. The fraction of sp³-hybridized carbons (Fsp3) is 0.957. The predicted molar refractivity (Wildman–Crippen MR) is 220 cm³/mol. The molecule has 0 spiro atoms. The van der Waals surface area contributed by atoms with Crippen LogP contribution >= 0.6 is 0 Å². The van der Waals surface area contributed by atoms with Crippen LogP contribution < -0.4 is 0 Å². The topological polar surface area (TPSA) is 119 Å². The minimum atomic E-state index is -0.575. The van der Waals surface area contributed by atoms with Gasteiger partial charge in [0.15, 0.2) is 0 Å². The second kappa shape index (κ2) is 18.2. The highest BCUT2D eigenvalue weighted by Crippen LogP contribution is 2.70. The second-order valence-electron chi connectivity index (χ2n) is 20.7. The van der Waals surface area contributed by atoms with Crippen molar-refractivity contribution >= 4 is 11.6 Å². The number of hydrogen-bond donors (Lipinski definition) is 1. The number of hydrogen-bond acceptors (Lipinski definition) is 10. The van der Waals surface area contributed by atoms with E-state index >= 15 is 0 Å². The second-order valence-corrected chi connectivity index (χ2v) is 20.7. The zero-order chi connectivity index (χ0) is 42.2. The van der Waals surface area contributed by atoms with Crippen LogP contribution in [0.25, 0.3) is 0 Å². The van der Waals surface area contributed by atoms with E-state index in [9.17, 15) is 14.7 Å². The third-order valence-corrected chi connectivity index (χ3v) is 18.6. The average molecular weight is 807 g/mol. The first-order valence-electron chi connectivity index (χ1n) is 22.4. The SMILES string of the molecule is COCC[C@]1(C)C[C@@H](OCOC)[C@@]2(C)C3[C@H](OC)CCC3(CC[C@H]2C)[C@@H](C)C1=O.COCO[C@@H]1C[C@@](C)(CCO)C(=O)[C@H](C)C23CC[C@@H](C)[C@]1(C)C2[C@H](OC)CC3. The summed E-state index contributed by atoms with van der Waals surface area (Å²) in [6, 6.07) is 0. The molecule has 6 aliphatic rings. The van der Waals surface area contributed by atoms with Crippen LogP contribution in [0, 0.1) is 68.0 Å². The van der Waals surface area contributed by atoms with Gasteiger partial charge in [-0.1, -0.05) is 55.4 Å². The van der Waals surface area contributed by atoms with Gasteiger partial charge in [-0.05, 0) is 112 Å². The first-order valence-corrected chi connectivity index (χ1v) is 22.4. The van der Waals surface area contributed by atoms with E-state index in [1.54, 1.807) is 21.3 Å². The molecule has 0 saturated heterocycles.